The third kappa shape index (κ3) is 5.09. The van der Waals surface area contributed by atoms with Crippen LogP contribution in [0.1, 0.15) is 12.5 Å². The SMILES string of the molecule is CC(=O)N(I)[C@@](I)(Cc1ccccc1)C(=O)NCC(=O)O. The highest BCUT2D eigenvalue weighted by Gasteiger charge is 2.42. The zero-order valence-corrected chi connectivity index (χ0v) is 15.5. The fourth-order valence-electron chi connectivity index (χ4n) is 1.65. The van der Waals surface area contributed by atoms with Crippen LogP contribution in [0.25, 0.3) is 0 Å². The van der Waals surface area contributed by atoms with Gasteiger partial charge in [0.05, 0.1) is 22.9 Å². The number of carbonyl (C=O) groups is 3. The molecule has 0 fully saturated rings. The number of alkyl halides is 1. The van der Waals surface area contributed by atoms with E-state index in [0.29, 0.717) is 0 Å². The largest absolute Gasteiger partial charge is 0.480 e. The van der Waals surface area contributed by atoms with Gasteiger partial charge in [-0.1, -0.05) is 30.3 Å². The molecule has 1 aromatic carbocycles. The summed E-state index contributed by atoms with van der Waals surface area (Å²) in [5.41, 5.74) is 0.875. The van der Waals surface area contributed by atoms with Crippen molar-refractivity contribution >= 4 is 63.2 Å². The maximum atomic E-state index is 12.3. The monoisotopic (exact) mass is 516 g/mol. The third-order valence-electron chi connectivity index (χ3n) is 2.62. The molecule has 0 aliphatic rings. The summed E-state index contributed by atoms with van der Waals surface area (Å²) in [4.78, 5) is 34.6. The molecule has 21 heavy (non-hydrogen) atoms. The molecule has 0 saturated heterocycles. The van der Waals surface area contributed by atoms with E-state index in [0.717, 1.165) is 5.56 Å². The quantitative estimate of drug-likeness (QED) is 0.262. The summed E-state index contributed by atoms with van der Waals surface area (Å²) in [6.45, 7) is 0.871. The molecule has 0 saturated carbocycles. The number of aliphatic carboxylic acids is 1. The number of rotatable bonds is 6. The average Bonchev–Trinajstić information content (AvgIpc) is 2.44. The Morgan fingerprint density at radius 3 is 2.33 bits per heavy atom. The number of carboxylic acid groups (broad SMARTS) is 1. The van der Waals surface area contributed by atoms with Gasteiger partial charge in [-0.3, -0.25) is 17.5 Å². The lowest BCUT2D eigenvalue weighted by atomic mass is 10.1. The summed E-state index contributed by atoms with van der Waals surface area (Å²) < 4.78 is 0.0937. The zero-order valence-electron chi connectivity index (χ0n) is 11.2. The second-order valence-corrected chi connectivity index (χ2v) is 7.05. The fourth-order valence-corrected chi connectivity index (χ4v) is 3.01. The number of carbonyl (C=O) groups excluding carboxylic acids is 2. The molecule has 1 aromatic rings. The molecule has 2 N–H and O–H groups in total. The second kappa shape index (κ2) is 7.92. The molecule has 8 heteroatoms. The lowest BCUT2D eigenvalue weighted by Gasteiger charge is -2.33. The van der Waals surface area contributed by atoms with Crippen molar-refractivity contribution in [3.63, 3.8) is 0 Å². The summed E-state index contributed by atoms with van der Waals surface area (Å²) in [6, 6.07) is 9.24. The lowest BCUT2D eigenvalue weighted by Crippen LogP contribution is -2.54. The van der Waals surface area contributed by atoms with Gasteiger partial charge in [0.1, 0.15) is 6.54 Å². The Morgan fingerprint density at radius 1 is 1.29 bits per heavy atom. The van der Waals surface area contributed by atoms with Gasteiger partial charge in [0.15, 0.2) is 3.55 Å². The van der Waals surface area contributed by atoms with E-state index in [1.54, 1.807) is 22.9 Å². The Balaban J connectivity index is 3.02. The molecular weight excluding hydrogens is 502 g/mol. The topological polar surface area (TPSA) is 86.7 Å². The first-order valence-electron chi connectivity index (χ1n) is 5.97. The maximum absolute atomic E-state index is 12.3. The lowest BCUT2D eigenvalue weighted by molar-refractivity contribution is -0.139. The van der Waals surface area contributed by atoms with Crippen molar-refractivity contribution in [2.24, 2.45) is 0 Å². The fraction of sp³-hybridized carbons (Fsp3) is 0.308. The van der Waals surface area contributed by atoms with Gasteiger partial charge in [-0.05, 0) is 28.2 Å². The van der Waals surface area contributed by atoms with E-state index < -0.39 is 22.0 Å². The van der Waals surface area contributed by atoms with E-state index in [2.05, 4.69) is 5.32 Å². The minimum Gasteiger partial charge on any atom is -0.480 e. The van der Waals surface area contributed by atoms with Crippen LogP contribution in [0.3, 0.4) is 0 Å². The third-order valence-corrected chi connectivity index (χ3v) is 6.40. The van der Waals surface area contributed by atoms with Crippen molar-refractivity contribution in [3.05, 3.63) is 35.9 Å². The predicted molar refractivity (Wildman–Crippen MR) is 94.1 cm³/mol. The van der Waals surface area contributed by atoms with Gasteiger partial charge in [-0.2, -0.15) is 0 Å². The summed E-state index contributed by atoms with van der Waals surface area (Å²) in [7, 11) is 0. The maximum Gasteiger partial charge on any atom is 0.322 e. The van der Waals surface area contributed by atoms with Crippen LogP contribution >= 0.6 is 45.5 Å². The van der Waals surface area contributed by atoms with E-state index in [1.165, 1.54) is 10.0 Å². The van der Waals surface area contributed by atoms with Crippen molar-refractivity contribution in [3.8, 4) is 0 Å². The average molecular weight is 516 g/mol. The molecule has 0 radical (unpaired) electrons. The van der Waals surface area contributed by atoms with E-state index in [1.807, 2.05) is 52.9 Å². The van der Waals surface area contributed by atoms with Gasteiger partial charge in [0.25, 0.3) is 5.91 Å². The van der Waals surface area contributed by atoms with E-state index in [-0.39, 0.29) is 12.3 Å². The van der Waals surface area contributed by atoms with Crippen molar-refractivity contribution in [2.45, 2.75) is 16.9 Å². The summed E-state index contributed by atoms with van der Waals surface area (Å²) in [5.74, 6) is -1.94. The molecule has 0 spiro atoms. The highest BCUT2D eigenvalue weighted by atomic mass is 127. The Hall–Kier alpha value is -0.910. The number of nitrogens with zero attached hydrogens (tertiary/aromatic N) is 1. The Morgan fingerprint density at radius 2 is 1.86 bits per heavy atom. The summed E-state index contributed by atoms with van der Waals surface area (Å²) in [6.07, 6.45) is 0.280. The molecule has 0 aliphatic heterocycles. The smallest absolute Gasteiger partial charge is 0.322 e. The van der Waals surface area contributed by atoms with Crippen LogP contribution < -0.4 is 5.32 Å². The summed E-state index contributed by atoms with van der Waals surface area (Å²) in [5, 5.41) is 11.0. The van der Waals surface area contributed by atoms with Crippen LogP contribution in [0, 0.1) is 0 Å². The number of amides is 2. The first kappa shape index (κ1) is 18.1. The number of nitrogens with one attached hydrogen (secondary N) is 1. The highest BCUT2D eigenvalue weighted by molar-refractivity contribution is 14.1. The predicted octanol–water partition coefficient (Wildman–Crippen LogP) is 1.76. The zero-order chi connectivity index (χ0) is 16.0. The minimum atomic E-state index is -1.19. The molecule has 1 atom stereocenters. The van der Waals surface area contributed by atoms with Gasteiger partial charge in [0, 0.05) is 13.3 Å². The van der Waals surface area contributed by atoms with Gasteiger partial charge in [-0.25, -0.2) is 0 Å². The molecule has 114 valence electrons. The van der Waals surface area contributed by atoms with Crippen LogP contribution in [0.4, 0.5) is 0 Å². The van der Waals surface area contributed by atoms with Gasteiger partial charge < -0.3 is 10.4 Å². The molecule has 2 amide bonds. The van der Waals surface area contributed by atoms with Gasteiger partial charge >= 0.3 is 5.97 Å². The van der Waals surface area contributed by atoms with Crippen molar-refractivity contribution in [2.75, 3.05) is 6.54 Å². The van der Waals surface area contributed by atoms with Crippen LogP contribution in [-0.2, 0) is 20.8 Å². The second-order valence-electron chi connectivity index (χ2n) is 4.30. The van der Waals surface area contributed by atoms with Crippen LogP contribution in [0.2, 0.25) is 0 Å². The van der Waals surface area contributed by atoms with E-state index >= 15 is 0 Å². The molecular formula is C13H14I2N2O4. The van der Waals surface area contributed by atoms with Crippen LogP contribution in [-0.4, -0.2) is 36.1 Å². The molecule has 0 aromatic heterocycles. The van der Waals surface area contributed by atoms with E-state index in [4.69, 9.17) is 5.11 Å². The first-order valence-corrected chi connectivity index (χ1v) is 8.01. The highest BCUT2D eigenvalue weighted by Crippen LogP contribution is 2.32. The molecule has 0 aliphatic carbocycles. The minimum absolute atomic E-state index is 0.280. The molecule has 6 nitrogen and oxygen atoms in total. The van der Waals surface area contributed by atoms with E-state index in [9.17, 15) is 14.4 Å². The van der Waals surface area contributed by atoms with Gasteiger partial charge in [-0.15, -0.1) is 0 Å². The number of carboxylic acids is 1. The van der Waals surface area contributed by atoms with Crippen molar-refractivity contribution < 1.29 is 19.5 Å². The van der Waals surface area contributed by atoms with Crippen molar-refractivity contribution in [1.29, 1.82) is 0 Å². The molecule has 0 bridgehead atoms. The number of hydrogen-bond donors (Lipinski definition) is 2. The number of halogens is 2. The summed E-state index contributed by atoms with van der Waals surface area (Å²) >= 11 is 3.66. The normalized spacial score (nSPS) is 13.1. The number of benzene rings is 1. The Bertz CT molecular complexity index is 538. The number of hydrogen-bond acceptors (Lipinski definition) is 3. The van der Waals surface area contributed by atoms with Crippen LogP contribution in [0.15, 0.2) is 30.3 Å². The Labute approximate surface area is 149 Å². The molecule has 0 unspecified atom stereocenters. The first-order chi connectivity index (χ1) is 9.77. The van der Waals surface area contributed by atoms with Gasteiger partial charge in [0.2, 0.25) is 5.91 Å². The standard InChI is InChI=1S/C13H14I2N2O4/c1-9(18)17(15)13(14,12(21)16-8-11(19)20)7-10-5-3-2-4-6-10/h2-6H,7-8H2,1H3,(H,16,21)(H,19,20)/t13-/m0/s1. The molecule has 1 rings (SSSR count). The van der Waals surface area contributed by atoms with Crippen molar-refractivity contribution in [1.82, 2.24) is 8.43 Å². The molecule has 0 heterocycles. The Kier molecular flexibility index (Phi) is 6.84. The van der Waals surface area contributed by atoms with Crippen LogP contribution in [0.5, 0.6) is 0 Å².